The highest BCUT2D eigenvalue weighted by atomic mass is 32.2. The molecule has 1 heterocycles. The summed E-state index contributed by atoms with van der Waals surface area (Å²) < 4.78 is 23.0. The van der Waals surface area contributed by atoms with Gasteiger partial charge in [-0.05, 0) is 19.3 Å². The van der Waals surface area contributed by atoms with Crippen LogP contribution in [0.5, 0.6) is 0 Å². The highest BCUT2D eigenvalue weighted by molar-refractivity contribution is 7.92. The molecule has 2 unspecified atom stereocenters. The molecule has 0 aromatic rings. The molecule has 4 heteroatoms. The second-order valence-corrected chi connectivity index (χ2v) is 5.84. The van der Waals surface area contributed by atoms with Crippen molar-refractivity contribution >= 4 is 9.84 Å². The predicted octanol–water partition coefficient (Wildman–Crippen LogP) is 0.691. The first-order chi connectivity index (χ1) is 5.58. The molecule has 72 valence electrons. The summed E-state index contributed by atoms with van der Waals surface area (Å²) >= 11 is 0. The molecular weight excluding hydrogens is 174 g/mol. The predicted molar refractivity (Wildman–Crippen MR) is 49.7 cm³/mol. The second kappa shape index (κ2) is 3.75. The van der Waals surface area contributed by atoms with Crippen LogP contribution in [-0.2, 0) is 9.84 Å². The lowest BCUT2D eigenvalue weighted by atomic mass is 10.1. The molecule has 2 atom stereocenters. The van der Waals surface area contributed by atoms with E-state index in [9.17, 15) is 8.42 Å². The lowest BCUT2D eigenvalue weighted by Crippen LogP contribution is -2.45. The van der Waals surface area contributed by atoms with Gasteiger partial charge < -0.3 is 5.73 Å². The molecule has 0 radical (unpaired) electrons. The molecule has 3 nitrogen and oxygen atoms in total. The smallest absolute Gasteiger partial charge is 0.154 e. The molecule has 1 aliphatic heterocycles. The number of nitrogens with two attached hydrogens (primary N) is 1. The van der Waals surface area contributed by atoms with Crippen LogP contribution < -0.4 is 5.73 Å². The van der Waals surface area contributed by atoms with E-state index in [4.69, 9.17) is 5.73 Å². The Balaban J connectivity index is 2.74. The summed E-state index contributed by atoms with van der Waals surface area (Å²) in [4.78, 5) is 0. The van der Waals surface area contributed by atoms with Gasteiger partial charge in [0.2, 0.25) is 0 Å². The Morgan fingerprint density at radius 3 is 2.67 bits per heavy atom. The van der Waals surface area contributed by atoms with Gasteiger partial charge in [0.15, 0.2) is 9.84 Å². The number of sulfone groups is 1. The van der Waals surface area contributed by atoms with Gasteiger partial charge in [-0.1, -0.05) is 13.3 Å². The number of rotatable bonds is 2. The van der Waals surface area contributed by atoms with Gasteiger partial charge in [-0.15, -0.1) is 0 Å². The number of hydrogen-bond donors (Lipinski definition) is 1. The van der Waals surface area contributed by atoms with E-state index in [0.29, 0.717) is 5.75 Å². The molecule has 0 aromatic heterocycles. The number of hydrogen-bond acceptors (Lipinski definition) is 3. The van der Waals surface area contributed by atoms with Crippen LogP contribution in [0.25, 0.3) is 0 Å². The quantitative estimate of drug-likeness (QED) is 0.698. The van der Waals surface area contributed by atoms with Gasteiger partial charge in [-0.25, -0.2) is 8.42 Å². The molecule has 0 aliphatic carbocycles. The molecule has 1 saturated heterocycles. The van der Waals surface area contributed by atoms with Crippen LogP contribution in [0.2, 0.25) is 0 Å². The van der Waals surface area contributed by atoms with Crippen molar-refractivity contribution in [2.45, 2.75) is 43.9 Å². The molecule has 12 heavy (non-hydrogen) atoms. The van der Waals surface area contributed by atoms with Crippen LogP contribution in [0.1, 0.15) is 32.6 Å². The molecule has 1 rings (SSSR count). The van der Waals surface area contributed by atoms with E-state index in [0.717, 1.165) is 25.7 Å². The van der Waals surface area contributed by atoms with Gasteiger partial charge >= 0.3 is 0 Å². The molecule has 2 N–H and O–H groups in total. The van der Waals surface area contributed by atoms with Crippen molar-refractivity contribution in [3.8, 4) is 0 Å². The minimum absolute atomic E-state index is 0.122. The summed E-state index contributed by atoms with van der Waals surface area (Å²) in [5, 5.41) is -0.267. The Bertz CT molecular complexity index is 235. The average Bonchev–Trinajstić information content (AvgIpc) is 1.97. The van der Waals surface area contributed by atoms with Gasteiger partial charge in [0.25, 0.3) is 0 Å². The monoisotopic (exact) mass is 191 g/mol. The standard InChI is InChI=1S/C8H17NO2S/c1-2-4-8-7(9)5-3-6-12(8,10)11/h7-8H,2-6,9H2,1H3. The van der Waals surface area contributed by atoms with Gasteiger partial charge in [-0.3, -0.25) is 0 Å². The fourth-order valence-electron chi connectivity index (χ4n) is 1.80. The van der Waals surface area contributed by atoms with Gasteiger partial charge in [0.05, 0.1) is 11.0 Å². The van der Waals surface area contributed by atoms with Crippen LogP contribution in [0, 0.1) is 0 Å². The summed E-state index contributed by atoms with van der Waals surface area (Å²) in [5.74, 6) is 0.339. The van der Waals surface area contributed by atoms with E-state index >= 15 is 0 Å². The van der Waals surface area contributed by atoms with E-state index in [1.807, 2.05) is 6.92 Å². The zero-order valence-electron chi connectivity index (χ0n) is 7.49. The Hall–Kier alpha value is -0.0900. The van der Waals surface area contributed by atoms with Crippen molar-refractivity contribution < 1.29 is 8.42 Å². The highest BCUT2D eigenvalue weighted by Crippen LogP contribution is 2.22. The zero-order valence-corrected chi connectivity index (χ0v) is 8.31. The Morgan fingerprint density at radius 2 is 2.17 bits per heavy atom. The van der Waals surface area contributed by atoms with E-state index in [-0.39, 0.29) is 11.3 Å². The first kappa shape index (κ1) is 9.99. The summed E-state index contributed by atoms with van der Waals surface area (Å²) in [6, 6.07) is -0.122. The zero-order chi connectivity index (χ0) is 9.19. The minimum atomic E-state index is -2.86. The van der Waals surface area contributed by atoms with Crippen molar-refractivity contribution in [1.82, 2.24) is 0 Å². The topological polar surface area (TPSA) is 60.2 Å². The lowest BCUT2D eigenvalue weighted by Gasteiger charge is -2.28. The van der Waals surface area contributed by atoms with E-state index in [1.54, 1.807) is 0 Å². The van der Waals surface area contributed by atoms with E-state index < -0.39 is 9.84 Å². The maximum absolute atomic E-state index is 11.5. The Labute approximate surface area is 74.3 Å². The highest BCUT2D eigenvalue weighted by Gasteiger charge is 2.33. The van der Waals surface area contributed by atoms with Crippen LogP contribution in [0.3, 0.4) is 0 Å². The molecule has 0 saturated carbocycles. The molecule has 0 aromatic carbocycles. The maximum atomic E-state index is 11.5. The minimum Gasteiger partial charge on any atom is -0.327 e. The largest absolute Gasteiger partial charge is 0.327 e. The fraction of sp³-hybridized carbons (Fsp3) is 1.00. The van der Waals surface area contributed by atoms with Crippen molar-refractivity contribution in [2.24, 2.45) is 5.73 Å². The summed E-state index contributed by atoms with van der Waals surface area (Å²) in [6.07, 6.45) is 3.23. The van der Waals surface area contributed by atoms with E-state index in [2.05, 4.69) is 0 Å². The van der Waals surface area contributed by atoms with E-state index in [1.165, 1.54) is 0 Å². The summed E-state index contributed by atoms with van der Waals surface area (Å²) in [5.41, 5.74) is 5.76. The first-order valence-corrected chi connectivity index (χ1v) is 6.26. The summed E-state index contributed by atoms with van der Waals surface area (Å²) in [6.45, 7) is 2.00. The molecule has 0 bridgehead atoms. The lowest BCUT2D eigenvalue weighted by molar-refractivity contribution is 0.479. The normalized spacial score (nSPS) is 34.8. The molecule has 1 aliphatic rings. The molecular formula is C8H17NO2S. The van der Waals surface area contributed by atoms with Crippen LogP contribution in [-0.4, -0.2) is 25.5 Å². The maximum Gasteiger partial charge on any atom is 0.154 e. The van der Waals surface area contributed by atoms with Crippen LogP contribution in [0.4, 0.5) is 0 Å². The molecule has 0 spiro atoms. The summed E-state index contributed by atoms with van der Waals surface area (Å²) in [7, 11) is -2.86. The molecule has 1 fully saturated rings. The van der Waals surface area contributed by atoms with Crippen LogP contribution in [0.15, 0.2) is 0 Å². The second-order valence-electron chi connectivity index (χ2n) is 3.50. The van der Waals surface area contributed by atoms with Crippen molar-refractivity contribution in [2.75, 3.05) is 5.75 Å². The third-order valence-corrected chi connectivity index (χ3v) is 4.84. The van der Waals surface area contributed by atoms with Gasteiger partial charge in [0, 0.05) is 6.04 Å². The fourth-order valence-corrected chi connectivity index (χ4v) is 3.94. The van der Waals surface area contributed by atoms with Crippen molar-refractivity contribution in [1.29, 1.82) is 0 Å². The SMILES string of the molecule is CCCC1C(N)CCCS1(=O)=O. The third kappa shape index (κ3) is 1.98. The van der Waals surface area contributed by atoms with Gasteiger partial charge in [-0.2, -0.15) is 0 Å². The van der Waals surface area contributed by atoms with Crippen molar-refractivity contribution in [3.05, 3.63) is 0 Å². The third-order valence-electron chi connectivity index (χ3n) is 2.48. The Kier molecular flexibility index (Phi) is 3.12. The van der Waals surface area contributed by atoms with Crippen LogP contribution >= 0.6 is 0 Å². The Morgan fingerprint density at radius 1 is 1.50 bits per heavy atom. The first-order valence-electron chi connectivity index (χ1n) is 4.55. The van der Waals surface area contributed by atoms with Crippen molar-refractivity contribution in [3.63, 3.8) is 0 Å². The average molecular weight is 191 g/mol. The van der Waals surface area contributed by atoms with Gasteiger partial charge in [0.1, 0.15) is 0 Å². The molecule has 0 amide bonds.